The average molecular weight is 504 g/mol. The van der Waals surface area contributed by atoms with Crippen LogP contribution in [0.2, 0.25) is 0 Å². The molecule has 1 aliphatic heterocycles. The Bertz CT molecular complexity index is 847. The predicted molar refractivity (Wildman–Crippen MR) is 119 cm³/mol. The minimum atomic E-state index is -1.22. The van der Waals surface area contributed by atoms with Gasteiger partial charge < -0.3 is 33.7 Å². The van der Waals surface area contributed by atoms with E-state index in [2.05, 4.69) is 5.32 Å². The van der Waals surface area contributed by atoms with Crippen molar-refractivity contribution < 1.29 is 47.6 Å². The Kier molecular flexibility index (Phi) is 11.8. The van der Waals surface area contributed by atoms with Gasteiger partial charge in [0.1, 0.15) is 24.5 Å². The van der Waals surface area contributed by atoms with Crippen LogP contribution in [0.4, 0.5) is 0 Å². The van der Waals surface area contributed by atoms with Crippen LogP contribution in [0.3, 0.4) is 0 Å². The Morgan fingerprint density at radius 2 is 1.41 bits per heavy atom. The van der Waals surface area contributed by atoms with Gasteiger partial charge >= 0.3 is 23.9 Å². The van der Waals surface area contributed by atoms with Crippen LogP contribution in [0.15, 0.2) is 24.3 Å². The lowest BCUT2D eigenvalue weighted by Gasteiger charge is -2.44. The van der Waals surface area contributed by atoms with E-state index in [1.54, 1.807) is 19.2 Å². The fourth-order valence-electron chi connectivity index (χ4n) is 3.36. The summed E-state index contributed by atoms with van der Waals surface area (Å²) >= 11 is 0. The molecule has 5 unspecified atom stereocenters. The summed E-state index contributed by atoms with van der Waals surface area (Å²) < 4.78 is 32.2. The van der Waals surface area contributed by atoms with E-state index in [1.165, 1.54) is 27.7 Å². The zero-order chi connectivity index (χ0) is 24.5. The van der Waals surface area contributed by atoms with Crippen molar-refractivity contribution in [2.75, 3.05) is 13.7 Å². The molecule has 1 aliphatic rings. The third-order valence-corrected chi connectivity index (χ3v) is 4.68. The smallest absolute Gasteiger partial charge is 0.304 e. The van der Waals surface area contributed by atoms with Crippen LogP contribution in [0, 0.1) is 0 Å². The highest BCUT2D eigenvalue weighted by Gasteiger charge is 2.51. The molecule has 1 heterocycles. The van der Waals surface area contributed by atoms with Crippen molar-refractivity contribution in [2.45, 2.75) is 64.9 Å². The molecule has 1 aromatic carbocycles. The highest BCUT2D eigenvalue weighted by molar-refractivity contribution is 5.85. The summed E-state index contributed by atoms with van der Waals surface area (Å²) in [7, 11) is 1.56. The molecule has 0 aliphatic carbocycles. The summed E-state index contributed by atoms with van der Waals surface area (Å²) in [5, 5.41) is 3.16. The summed E-state index contributed by atoms with van der Waals surface area (Å²) in [5.74, 6) is -1.86. The number of hydrogen-bond acceptors (Lipinski definition) is 11. The van der Waals surface area contributed by atoms with Crippen LogP contribution < -0.4 is 10.1 Å². The third-order valence-electron chi connectivity index (χ3n) is 4.68. The van der Waals surface area contributed by atoms with E-state index in [4.69, 9.17) is 28.4 Å². The van der Waals surface area contributed by atoms with Gasteiger partial charge in [0.2, 0.25) is 6.29 Å². The fraction of sp³-hybridized carbons (Fsp3) is 0.545. The standard InChI is InChI=1S/C22H29NO10.ClH/c1-12(24)29-11-18-20(30-13(2)25)21(31-14(3)26)19(22(33-18)32-15(4)27)23-10-16-6-8-17(28-5)9-7-16;/h6-9,18-23H,10-11H2,1-5H3;1H. The first-order valence-corrected chi connectivity index (χ1v) is 10.3. The maximum atomic E-state index is 11.9. The molecule has 1 saturated heterocycles. The van der Waals surface area contributed by atoms with Gasteiger partial charge in [-0.05, 0) is 17.7 Å². The van der Waals surface area contributed by atoms with Crippen LogP contribution in [0.5, 0.6) is 5.75 Å². The number of carbonyl (C=O) groups is 4. The van der Waals surface area contributed by atoms with E-state index in [9.17, 15) is 19.2 Å². The van der Waals surface area contributed by atoms with E-state index in [1.807, 2.05) is 12.1 Å². The monoisotopic (exact) mass is 503 g/mol. The first-order valence-electron chi connectivity index (χ1n) is 10.3. The van der Waals surface area contributed by atoms with Crippen molar-refractivity contribution in [1.82, 2.24) is 5.32 Å². The van der Waals surface area contributed by atoms with E-state index in [-0.39, 0.29) is 25.6 Å². The summed E-state index contributed by atoms with van der Waals surface area (Å²) in [6.07, 6.45) is -4.52. The second-order valence-electron chi connectivity index (χ2n) is 7.36. The van der Waals surface area contributed by atoms with E-state index >= 15 is 0 Å². The average Bonchev–Trinajstić information content (AvgIpc) is 2.73. The summed E-state index contributed by atoms with van der Waals surface area (Å²) in [5.41, 5.74) is 0.852. The molecule has 190 valence electrons. The normalized spacial score (nSPS) is 23.6. The van der Waals surface area contributed by atoms with E-state index < -0.39 is 54.5 Å². The lowest BCUT2D eigenvalue weighted by molar-refractivity contribution is -0.271. The van der Waals surface area contributed by atoms with Crippen LogP contribution in [-0.2, 0) is 49.4 Å². The van der Waals surface area contributed by atoms with Crippen LogP contribution >= 0.6 is 12.4 Å². The Labute approximate surface area is 203 Å². The van der Waals surface area contributed by atoms with E-state index in [0.29, 0.717) is 5.75 Å². The molecule has 1 fully saturated rings. The summed E-state index contributed by atoms with van der Waals surface area (Å²) in [6.45, 7) is 4.75. The number of nitrogens with one attached hydrogen (secondary N) is 1. The van der Waals surface area contributed by atoms with Crippen molar-refractivity contribution >= 4 is 36.3 Å². The van der Waals surface area contributed by atoms with Crippen molar-refractivity contribution in [3.63, 3.8) is 0 Å². The largest absolute Gasteiger partial charge is 0.497 e. The Balaban J connectivity index is 0.00000578. The Hall–Kier alpha value is -2.89. The zero-order valence-electron chi connectivity index (χ0n) is 19.6. The quantitative estimate of drug-likeness (QED) is 0.385. The second kappa shape index (κ2) is 13.7. The number of rotatable bonds is 9. The van der Waals surface area contributed by atoms with Crippen LogP contribution in [0.25, 0.3) is 0 Å². The number of carbonyl (C=O) groups excluding carboxylic acids is 4. The highest BCUT2D eigenvalue weighted by atomic mass is 35.5. The van der Waals surface area contributed by atoms with Gasteiger partial charge in [0.15, 0.2) is 12.2 Å². The summed E-state index contributed by atoms with van der Waals surface area (Å²) in [6, 6.07) is 6.29. The highest BCUT2D eigenvalue weighted by Crippen LogP contribution is 2.28. The molecule has 0 radical (unpaired) electrons. The first-order chi connectivity index (χ1) is 15.6. The van der Waals surface area contributed by atoms with Crippen LogP contribution in [-0.4, -0.2) is 68.2 Å². The van der Waals surface area contributed by atoms with Crippen LogP contribution in [0.1, 0.15) is 33.3 Å². The number of halogens is 1. The molecule has 0 amide bonds. The van der Waals surface area contributed by atoms with Crippen molar-refractivity contribution in [3.05, 3.63) is 29.8 Å². The molecule has 11 nitrogen and oxygen atoms in total. The first kappa shape index (κ1) is 29.1. The maximum absolute atomic E-state index is 11.9. The van der Waals surface area contributed by atoms with Gasteiger partial charge in [-0.25, -0.2) is 0 Å². The van der Waals surface area contributed by atoms with Crippen molar-refractivity contribution in [2.24, 2.45) is 0 Å². The molecule has 12 heteroatoms. The molecule has 0 aromatic heterocycles. The number of methoxy groups -OCH3 is 1. The molecule has 2 rings (SSSR count). The lowest BCUT2D eigenvalue weighted by atomic mass is 9.95. The Morgan fingerprint density at radius 1 is 0.853 bits per heavy atom. The number of ether oxygens (including phenoxy) is 6. The minimum absolute atomic E-state index is 0. The molecule has 0 bridgehead atoms. The number of esters is 4. The Morgan fingerprint density at radius 3 is 1.91 bits per heavy atom. The molecular weight excluding hydrogens is 474 g/mol. The van der Waals surface area contributed by atoms with E-state index in [0.717, 1.165) is 5.56 Å². The topological polar surface area (TPSA) is 136 Å². The molecule has 34 heavy (non-hydrogen) atoms. The summed E-state index contributed by atoms with van der Waals surface area (Å²) in [4.78, 5) is 46.8. The number of benzene rings is 1. The fourth-order valence-corrected chi connectivity index (χ4v) is 3.36. The van der Waals surface area contributed by atoms with Gasteiger partial charge in [-0.3, -0.25) is 19.2 Å². The maximum Gasteiger partial charge on any atom is 0.304 e. The van der Waals surface area contributed by atoms with Gasteiger partial charge in [-0.1, -0.05) is 12.1 Å². The second-order valence-corrected chi connectivity index (χ2v) is 7.36. The molecule has 0 spiro atoms. The molecular formula is C22H30ClNO10. The number of hydrogen-bond donors (Lipinski definition) is 1. The van der Waals surface area contributed by atoms with Gasteiger partial charge in [-0.2, -0.15) is 0 Å². The van der Waals surface area contributed by atoms with Gasteiger partial charge in [0.05, 0.1) is 7.11 Å². The molecule has 0 saturated carbocycles. The molecule has 1 N–H and O–H groups in total. The SMILES string of the molecule is COc1ccc(CNC2C(OC(C)=O)OC(COC(C)=O)C(OC(C)=O)C2OC(C)=O)cc1.Cl. The molecule has 1 aromatic rings. The molecule has 5 atom stereocenters. The van der Waals surface area contributed by atoms with Gasteiger partial charge in [0.25, 0.3) is 0 Å². The van der Waals surface area contributed by atoms with Crippen molar-refractivity contribution in [1.29, 1.82) is 0 Å². The zero-order valence-corrected chi connectivity index (χ0v) is 20.4. The van der Waals surface area contributed by atoms with Gasteiger partial charge in [0, 0.05) is 34.2 Å². The lowest BCUT2D eigenvalue weighted by Crippen LogP contribution is -2.66. The predicted octanol–water partition coefficient (Wildman–Crippen LogP) is 1.29. The minimum Gasteiger partial charge on any atom is -0.497 e. The van der Waals surface area contributed by atoms with Gasteiger partial charge in [-0.15, -0.1) is 12.4 Å². The third kappa shape index (κ3) is 8.81. The van der Waals surface area contributed by atoms with Crippen molar-refractivity contribution in [3.8, 4) is 5.75 Å².